The summed E-state index contributed by atoms with van der Waals surface area (Å²) in [4.78, 5) is 12.3. The number of nitrogens with zero attached hydrogens (tertiary/aromatic N) is 3. The van der Waals surface area contributed by atoms with Crippen molar-refractivity contribution in [3.8, 4) is 5.69 Å². The number of benzene rings is 2. The summed E-state index contributed by atoms with van der Waals surface area (Å²) >= 11 is 1.27. The van der Waals surface area contributed by atoms with E-state index >= 15 is 0 Å². The molecule has 0 fully saturated rings. The van der Waals surface area contributed by atoms with Crippen LogP contribution in [0.2, 0.25) is 0 Å². The number of hydrogen-bond acceptors (Lipinski definition) is 5. The predicted molar refractivity (Wildman–Crippen MR) is 103 cm³/mol. The van der Waals surface area contributed by atoms with Crippen LogP contribution in [0.5, 0.6) is 0 Å². The number of ether oxygens (including phenoxy) is 1. The average Bonchev–Trinajstić information content (AvgIpc) is 3.06. The van der Waals surface area contributed by atoms with E-state index in [-0.39, 0.29) is 17.5 Å². The van der Waals surface area contributed by atoms with Crippen LogP contribution in [0.4, 0.5) is 10.1 Å². The second-order valence-corrected chi connectivity index (χ2v) is 6.74. The number of thioether (sulfide) groups is 1. The van der Waals surface area contributed by atoms with Gasteiger partial charge < -0.3 is 10.1 Å². The maximum atomic E-state index is 13.2. The van der Waals surface area contributed by atoms with Gasteiger partial charge in [0, 0.05) is 18.5 Å². The molecule has 0 aliphatic rings. The standard InChI is InChI=1S/C19H19FN4O2S/c1-13-10-14(20)8-9-16(13)21-18(25)12-27-19-23-22-17(11-26-2)24(19)15-6-4-3-5-7-15/h3-10H,11-12H2,1-2H3,(H,21,25). The van der Waals surface area contributed by atoms with Crippen LogP contribution in [-0.4, -0.2) is 33.5 Å². The Morgan fingerprint density at radius 1 is 1.22 bits per heavy atom. The predicted octanol–water partition coefficient (Wildman–Crippen LogP) is 3.59. The van der Waals surface area contributed by atoms with Crippen molar-refractivity contribution in [3.05, 3.63) is 65.7 Å². The van der Waals surface area contributed by atoms with E-state index in [1.54, 1.807) is 20.1 Å². The van der Waals surface area contributed by atoms with Crippen LogP contribution in [0, 0.1) is 12.7 Å². The molecule has 0 atom stereocenters. The minimum Gasteiger partial charge on any atom is -0.377 e. The molecule has 0 aliphatic carbocycles. The average molecular weight is 386 g/mol. The lowest BCUT2D eigenvalue weighted by Crippen LogP contribution is -2.15. The lowest BCUT2D eigenvalue weighted by Gasteiger charge is -2.10. The second-order valence-electron chi connectivity index (χ2n) is 5.80. The number of nitrogens with one attached hydrogen (secondary N) is 1. The summed E-state index contributed by atoms with van der Waals surface area (Å²) in [6.07, 6.45) is 0. The fourth-order valence-corrected chi connectivity index (χ4v) is 3.31. The van der Waals surface area contributed by atoms with E-state index in [2.05, 4.69) is 15.5 Å². The summed E-state index contributed by atoms with van der Waals surface area (Å²) in [6, 6.07) is 13.9. The number of carbonyl (C=O) groups excluding carboxylic acids is 1. The van der Waals surface area contributed by atoms with E-state index in [0.29, 0.717) is 28.8 Å². The first-order valence-corrected chi connectivity index (χ1v) is 9.24. The van der Waals surface area contributed by atoms with Gasteiger partial charge in [-0.2, -0.15) is 0 Å². The van der Waals surface area contributed by atoms with Crippen LogP contribution in [-0.2, 0) is 16.1 Å². The number of methoxy groups -OCH3 is 1. The SMILES string of the molecule is COCc1nnc(SCC(=O)Nc2ccc(F)cc2C)n1-c1ccccc1. The van der Waals surface area contributed by atoms with Crippen molar-refractivity contribution in [3.63, 3.8) is 0 Å². The third kappa shape index (κ3) is 4.72. The molecule has 0 aliphatic heterocycles. The molecule has 8 heteroatoms. The molecule has 1 heterocycles. The molecular weight excluding hydrogens is 367 g/mol. The molecule has 0 radical (unpaired) electrons. The highest BCUT2D eigenvalue weighted by molar-refractivity contribution is 7.99. The number of aromatic nitrogens is 3. The molecule has 1 aromatic heterocycles. The first-order valence-electron chi connectivity index (χ1n) is 8.26. The van der Waals surface area contributed by atoms with Crippen molar-refractivity contribution in [2.24, 2.45) is 0 Å². The van der Waals surface area contributed by atoms with Crippen molar-refractivity contribution in [2.75, 3.05) is 18.2 Å². The minimum atomic E-state index is -0.332. The molecule has 0 unspecified atom stereocenters. The molecule has 2 aromatic carbocycles. The summed E-state index contributed by atoms with van der Waals surface area (Å²) < 4.78 is 20.2. The molecule has 0 spiro atoms. The highest BCUT2D eigenvalue weighted by atomic mass is 32.2. The fraction of sp³-hybridized carbons (Fsp3) is 0.211. The zero-order chi connectivity index (χ0) is 19.2. The van der Waals surface area contributed by atoms with E-state index in [0.717, 1.165) is 5.69 Å². The van der Waals surface area contributed by atoms with Gasteiger partial charge in [0.1, 0.15) is 12.4 Å². The number of anilines is 1. The van der Waals surface area contributed by atoms with Crippen LogP contribution in [0.15, 0.2) is 53.7 Å². The summed E-state index contributed by atoms with van der Waals surface area (Å²) in [7, 11) is 1.59. The smallest absolute Gasteiger partial charge is 0.234 e. The van der Waals surface area contributed by atoms with E-state index in [1.165, 1.54) is 23.9 Å². The van der Waals surface area contributed by atoms with Crippen LogP contribution in [0.3, 0.4) is 0 Å². The van der Waals surface area contributed by atoms with Crippen molar-refractivity contribution in [2.45, 2.75) is 18.7 Å². The van der Waals surface area contributed by atoms with Crippen LogP contribution < -0.4 is 5.32 Å². The molecule has 6 nitrogen and oxygen atoms in total. The Kier molecular flexibility index (Phi) is 6.20. The van der Waals surface area contributed by atoms with Gasteiger partial charge in [-0.15, -0.1) is 10.2 Å². The monoisotopic (exact) mass is 386 g/mol. The van der Waals surface area contributed by atoms with Gasteiger partial charge in [-0.25, -0.2) is 4.39 Å². The largest absolute Gasteiger partial charge is 0.377 e. The number of hydrogen-bond donors (Lipinski definition) is 1. The molecule has 0 bridgehead atoms. The Hall–Kier alpha value is -2.71. The number of carbonyl (C=O) groups is 1. The van der Waals surface area contributed by atoms with Gasteiger partial charge in [-0.3, -0.25) is 9.36 Å². The molecule has 3 rings (SSSR count). The van der Waals surface area contributed by atoms with E-state index < -0.39 is 0 Å². The minimum absolute atomic E-state index is 0.148. The van der Waals surface area contributed by atoms with Crippen molar-refractivity contribution in [1.82, 2.24) is 14.8 Å². The first kappa shape index (κ1) is 19.1. The third-order valence-electron chi connectivity index (χ3n) is 3.78. The lowest BCUT2D eigenvalue weighted by molar-refractivity contribution is -0.113. The summed E-state index contributed by atoms with van der Waals surface area (Å²) in [5.74, 6) is 0.266. The zero-order valence-electron chi connectivity index (χ0n) is 15.0. The number of halogens is 1. The van der Waals surface area contributed by atoms with Crippen molar-refractivity contribution in [1.29, 1.82) is 0 Å². The number of amides is 1. The Bertz CT molecular complexity index is 931. The van der Waals surface area contributed by atoms with Gasteiger partial charge in [0.05, 0.1) is 5.75 Å². The highest BCUT2D eigenvalue weighted by Gasteiger charge is 2.16. The Labute approximate surface area is 160 Å². The molecule has 3 aromatic rings. The maximum Gasteiger partial charge on any atom is 0.234 e. The summed E-state index contributed by atoms with van der Waals surface area (Å²) in [5.41, 5.74) is 2.15. The number of para-hydroxylation sites is 1. The summed E-state index contributed by atoms with van der Waals surface area (Å²) in [6.45, 7) is 2.05. The van der Waals surface area contributed by atoms with Crippen LogP contribution in [0.25, 0.3) is 5.69 Å². The second kappa shape index (κ2) is 8.79. The van der Waals surface area contributed by atoms with Gasteiger partial charge in [0.15, 0.2) is 11.0 Å². The quantitative estimate of drug-likeness (QED) is 0.629. The van der Waals surface area contributed by atoms with Gasteiger partial charge in [-0.1, -0.05) is 30.0 Å². The summed E-state index contributed by atoms with van der Waals surface area (Å²) in [5, 5.41) is 11.7. The molecular formula is C19H19FN4O2S. The van der Waals surface area contributed by atoms with E-state index in [1.807, 2.05) is 34.9 Å². The Balaban J connectivity index is 1.73. The Morgan fingerprint density at radius 2 is 2.00 bits per heavy atom. The highest BCUT2D eigenvalue weighted by Crippen LogP contribution is 2.23. The van der Waals surface area contributed by atoms with Crippen molar-refractivity contribution < 1.29 is 13.9 Å². The lowest BCUT2D eigenvalue weighted by atomic mass is 10.2. The van der Waals surface area contributed by atoms with E-state index in [4.69, 9.17) is 4.74 Å². The first-order chi connectivity index (χ1) is 13.1. The van der Waals surface area contributed by atoms with Crippen molar-refractivity contribution >= 4 is 23.4 Å². The number of aryl methyl sites for hydroxylation is 1. The fourth-order valence-electron chi connectivity index (χ4n) is 2.54. The van der Waals surface area contributed by atoms with Gasteiger partial charge >= 0.3 is 0 Å². The molecule has 1 N–H and O–H groups in total. The van der Waals surface area contributed by atoms with Crippen LogP contribution >= 0.6 is 11.8 Å². The molecule has 1 amide bonds. The topological polar surface area (TPSA) is 69.0 Å². The zero-order valence-corrected chi connectivity index (χ0v) is 15.8. The van der Waals surface area contributed by atoms with Gasteiger partial charge in [0.25, 0.3) is 0 Å². The molecule has 0 saturated heterocycles. The maximum absolute atomic E-state index is 13.2. The molecule has 140 valence electrons. The molecule has 0 saturated carbocycles. The Morgan fingerprint density at radius 3 is 2.70 bits per heavy atom. The number of rotatable bonds is 7. The van der Waals surface area contributed by atoms with Gasteiger partial charge in [0.2, 0.25) is 5.91 Å². The van der Waals surface area contributed by atoms with E-state index in [9.17, 15) is 9.18 Å². The molecule has 27 heavy (non-hydrogen) atoms. The third-order valence-corrected chi connectivity index (χ3v) is 4.71. The normalized spacial score (nSPS) is 10.8. The van der Waals surface area contributed by atoms with Crippen LogP contribution in [0.1, 0.15) is 11.4 Å². The van der Waals surface area contributed by atoms with Gasteiger partial charge in [-0.05, 0) is 42.8 Å².